The number of nitrogens with two attached hydrogens (primary N) is 1. The summed E-state index contributed by atoms with van der Waals surface area (Å²) in [4.78, 5) is 3.61. The lowest BCUT2D eigenvalue weighted by Gasteiger charge is -2.04. The van der Waals surface area contributed by atoms with Gasteiger partial charge in [0.2, 0.25) is 0 Å². The van der Waals surface area contributed by atoms with Gasteiger partial charge >= 0.3 is 0 Å². The van der Waals surface area contributed by atoms with Crippen molar-refractivity contribution in [3.8, 4) is 11.1 Å². The standard InChI is InChI=1S/C12H10F2N2/c13-12(14)11-7-9(5-6-16-11)8-1-3-10(15)4-2-8/h1-7,12H,15H2. The van der Waals surface area contributed by atoms with E-state index >= 15 is 0 Å². The van der Waals surface area contributed by atoms with Gasteiger partial charge in [-0.1, -0.05) is 12.1 Å². The average Bonchev–Trinajstić information content (AvgIpc) is 2.30. The zero-order valence-electron chi connectivity index (χ0n) is 8.40. The number of nitrogens with zero attached hydrogens (tertiary/aromatic N) is 1. The molecule has 2 aromatic rings. The fourth-order valence-corrected chi connectivity index (χ4v) is 1.42. The van der Waals surface area contributed by atoms with Gasteiger partial charge in [-0.25, -0.2) is 8.78 Å². The third-order valence-corrected chi connectivity index (χ3v) is 2.25. The van der Waals surface area contributed by atoms with Gasteiger partial charge in [-0.3, -0.25) is 4.98 Å². The Balaban J connectivity index is 2.40. The van der Waals surface area contributed by atoms with Crippen LogP contribution in [0.4, 0.5) is 14.5 Å². The third kappa shape index (κ3) is 2.16. The summed E-state index contributed by atoms with van der Waals surface area (Å²) >= 11 is 0. The maximum absolute atomic E-state index is 12.4. The van der Waals surface area contributed by atoms with Crippen LogP contribution in [0.3, 0.4) is 0 Å². The molecule has 0 amide bonds. The number of nitrogen functional groups attached to an aromatic ring is 1. The maximum Gasteiger partial charge on any atom is 0.280 e. The molecule has 1 aromatic carbocycles. The van der Waals surface area contributed by atoms with E-state index in [0.717, 1.165) is 5.56 Å². The molecule has 0 saturated heterocycles. The molecule has 1 heterocycles. The van der Waals surface area contributed by atoms with E-state index in [0.29, 0.717) is 11.3 Å². The summed E-state index contributed by atoms with van der Waals surface area (Å²) in [6.07, 6.45) is -1.17. The molecule has 2 nitrogen and oxygen atoms in total. The van der Waals surface area contributed by atoms with Crippen LogP contribution in [0.25, 0.3) is 11.1 Å². The SMILES string of the molecule is Nc1ccc(-c2ccnc(C(F)F)c2)cc1. The van der Waals surface area contributed by atoms with E-state index in [2.05, 4.69) is 4.98 Å². The predicted molar refractivity (Wildman–Crippen MR) is 59.0 cm³/mol. The molecular weight excluding hydrogens is 210 g/mol. The summed E-state index contributed by atoms with van der Waals surface area (Å²) in [6, 6.07) is 10.1. The first-order valence-corrected chi connectivity index (χ1v) is 4.77. The highest BCUT2D eigenvalue weighted by Crippen LogP contribution is 2.24. The Kier molecular flexibility index (Phi) is 2.81. The van der Waals surface area contributed by atoms with Gasteiger partial charge in [0.05, 0.1) is 0 Å². The normalized spacial score (nSPS) is 10.7. The van der Waals surface area contributed by atoms with Crippen LogP contribution in [0, 0.1) is 0 Å². The van der Waals surface area contributed by atoms with Crippen molar-refractivity contribution in [3.05, 3.63) is 48.3 Å². The molecule has 16 heavy (non-hydrogen) atoms. The van der Waals surface area contributed by atoms with Crippen LogP contribution in [-0.2, 0) is 0 Å². The van der Waals surface area contributed by atoms with Gasteiger partial charge in [-0.15, -0.1) is 0 Å². The summed E-state index contributed by atoms with van der Waals surface area (Å²) in [7, 11) is 0. The fraction of sp³-hybridized carbons (Fsp3) is 0.0833. The lowest BCUT2D eigenvalue weighted by atomic mass is 10.1. The number of benzene rings is 1. The number of anilines is 1. The van der Waals surface area contributed by atoms with Gasteiger partial charge in [0.15, 0.2) is 0 Å². The largest absolute Gasteiger partial charge is 0.399 e. The molecule has 0 spiro atoms. The van der Waals surface area contributed by atoms with Crippen molar-refractivity contribution in [1.82, 2.24) is 4.98 Å². The van der Waals surface area contributed by atoms with Crippen LogP contribution in [-0.4, -0.2) is 4.98 Å². The Hall–Kier alpha value is -1.97. The highest BCUT2D eigenvalue weighted by atomic mass is 19.3. The molecular formula is C12H10F2N2. The zero-order valence-corrected chi connectivity index (χ0v) is 8.40. The smallest absolute Gasteiger partial charge is 0.280 e. The van der Waals surface area contributed by atoms with Crippen LogP contribution in [0.2, 0.25) is 0 Å². The molecule has 0 radical (unpaired) electrons. The monoisotopic (exact) mass is 220 g/mol. The van der Waals surface area contributed by atoms with E-state index in [-0.39, 0.29) is 5.69 Å². The van der Waals surface area contributed by atoms with Crippen molar-refractivity contribution in [2.24, 2.45) is 0 Å². The first-order valence-electron chi connectivity index (χ1n) is 4.77. The quantitative estimate of drug-likeness (QED) is 0.789. The third-order valence-electron chi connectivity index (χ3n) is 2.25. The second-order valence-corrected chi connectivity index (χ2v) is 3.39. The Morgan fingerprint density at radius 2 is 1.69 bits per heavy atom. The molecule has 1 aromatic heterocycles. The zero-order chi connectivity index (χ0) is 11.5. The Labute approximate surface area is 91.7 Å². The van der Waals surface area contributed by atoms with Crippen LogP contribution >= 0.6 is 0 Å². The summed E-state index contributed by atoms with van der Waals surface area (Å²) in [5.41, 5.74) is 7.54. The highest BCUT2D eigenvalue weighted by molar-refractivity contribution is 5.65. The van der Waals surface area contributed by atoms with Crippen LogP contribution in [0.15, 0.2) is 42.6 Å². The van der Waals surface area contributed by atoms with Gasteiger partial charge in [-0.05, 0) is 35.4 Å². The van der Waals surface area contributed by atoms with E-state index in [1.54, 1.807) is 30.3 Å². The first-order chi connectivity index (χ1) is 7.66. The number of rotatable bonds is 2. The lowest BCUT2D eigenvalue weighted by Crippen LogP contribution is -1.90. The van der Waals surface area contributed by atoms with Crippen molar-refractivity contribution < 1.29 is 8.78 Å². The average molecular weight is 220 g/mol. The Morgan fingerprint density at radius 3 is 2.31 bits per heavy atom. The van der Waals surface area contributed by atoms with Crippen molar-refractivity contribution in [2.45, 2.75) is 6.43 Å². The first kappa shape index (κ1) is 10.5. The van der Waals surface area contributed by atoms with Crippen LogP contribution in [0.1, 0.15) is 12.1 Å². The number of aromatic nitrogens is 1. The van der Waals surface area contributed by atoms with Crippen LogP contribution < -0.4 is 5.73 Å². The Bertz CT molecular complexity index is 481. The number of halogens is 2. The summed E-state index contributed by atoms with van der Waals surface area (Å²) in [5.74, 6) is 0. The van der Waals surface area contributed by atoms with Gasteiger partial charge in [0.25, 0.3) is 6.43 Å². The van der Waals surface area contributed by atoms with E-state index in [1.165, 1.54) is 12.3 Å². The number of hydrogen-bond acceptors (Lipinski definition) is 2. The van der Waals surface area contributed by atoms with Gasteiger partial charge < -0.3 is 5.73 Å². The minimum absolute atomic E-state index is 0.214. The van der Waals surface area contributed by atoms with Crippen molar-refractivity contribution in [1.29, 1.82) is 0 Å². The highest BCUT2D eigenvalue weighted by Gasteiger charge is 2.09. The molecule has 0 aliphatic carbocycles. The minimum Gasteiger partial charge on any atom is -0.399 e. The molecule has 0 saturated carbocycles. The van der Waals surface area contributed by atoms with Gasteiger partial charge in [0.1, 0.15) is 5.69 Å². The molecule has 0 bridgehead atoms. The topological polar surface area (TPSA) is 38.9 Å². The summed E-state index contributed by atoms with van der Waals surface area (Å²) in [6.45, 7) is 0. The van der Waals surface area contributed by atoms with Gasteiger partial charge in [0, 0.05) is 11.9 Å². The summed E-state index contributed by atoms with van der Waals surface area (Å²) in [5, 5.41) is 0. The van der Waals surface area contributed by atoms with Crippen LogP contribution in [0.5, 0.6) is 0 Å². The number of hydrogen-bond donors (Lipinski definition) is 1. The van der Waals surface area contributed by atoms with E-state index in [1.807, 2.05) is 0 Å². The number of alkyl halides is 2. The number of pyridine rings is 1. The molecule has 0 aliphatic rings. The predicted octanol–water partition coefficient (Wildman–Crippen LogP) is 3.27. The fourth-order valence-electron chi connectivity index (χ4n) is 1.42. The van der Waals surface area contributed by atoms with Crippen molar-refractivity contribution in [3.63, 3.8) is 0 Å². The molecule has 0 fully saturated rings. The second-order valence-electron chi connectivity index (χ2n) is 3.39. The molecule has 2 rings (SSSR count). The Morgan fingerprint density at radius 1 is 1.00 bits per heavy atom. The molecule has 0 atom stereocenters. The molecule has 0 unspecified atom stereocenters. The molecule has 4 heteroatoms. The minimum atomic E-state index is -2.55. The van der Waals surface area contributed by atoms with Crippen molar-refractivity contribution >= 4 is 5.69 Å². The lowest BCUT2D eigenvalue weighted by molar-refractivity contribution is 0.146. The van der Waals surface area contributed by atoms with Crippen molar-refractivity contribution in [2.75, 3.05) is 5.73 Å². The van der Waals surface area contributed by atoms with E-state index < -0.39 is 6.43 Å². The van der Waals surface area contributed by atoms with E-state index in [4.69, 9.17) is 5.73 Å². The summed E-state index contributed by atoms with van der Waals surface area (Å²) < 4.78 is 24.9. The molecule has 2 N–H and O–H groups in total. The molecule has 0 aliphatic heterocycles. The second kappa shape index (κ2) is 4.26. The molecule has 82 valence electrons. The maximum atomic E-state index is 12.4. The van der Waals surface area contributed by atoms with E-state index in [9.17, 15) is 8.78 Å². The van der Waals surface area contributed by atoms with Gasteiger partial charge in [-0.2, -0.15) is 0 Å².